The molecule has 0 radical (unpaired) electrons. The molecule has 0 aromatic carbocycles. The first-order chi connectivity index (χ1) is 5.52. The number of rotatable bonds is 1. The first-order valence-corrected chi connectivity index (χ1v) is 5.20. The number of hydrogen-bond acceptors (Lipinski definition) is 0. The molecule has 1 rings (SSSR count). The van der Waals surface area contributed by atoms with Crippen molar-refractivity contribution in [2.24, 2.45) is 17.3 Å². The predicted molar refractivity (Wildman–Crippen MR) is 55.1 cm³/mol. The van der Waals surface area contributed by atoms with Crippen LogP contribution < -0.4 is 0 Å². The van der Waals surface area contributed by atoms with Crippen LogP contribution in [0.3, 0.4) is 0 Å². The van der Waals surface area contributed by atoms with Gasteiger partial charge in [-0.15, -0.1) is 0 Å². The minimum absolute atomic E-state index is 0.509. The quantitative estimate of drug-likeness (QED) is 0.516. The molecule has 0 saturated heterocycles. The summed E-state index contributed by atoms with van der Waals surface area (Å²) in [5, 5.41) is 0. The van der Waals surface area contributed by atoms with Gasteiger partial charge in [-0.2, -0.15) is 0 Å². The van der Waals surface area contributed by atoms with E-state index in [2.05, 4.69) is 34.3 Å². The fourth-order valence-electron chi connectivity index (χ4n) is 2.50. The molecule has 1 saturated carbocycles. The van der Waals surface area contributed by atoms with Crippen LogP contribution in [0.1, 0.15) is 47.0 Å². The van der Waals surface area contributed by atoms with Crippen LogP contribution in [0.2, 0.25) is 0 Å². The monoisotopic (exact) mass is 166 g/mol. The lowest BCUT2D eigenvalue weighted by Crippen LogP contribution is -2.36. The third kappa shape index (κ3) is 1.32. The van der Waals surface area contributed by atoms with Gasteiger partial charge in [-0.05, 0) is 36.5 Å². The van der Waals surface area contributed by atoms with Crippen molar-refractivity contribution in [2.45, 2.75) is 47.0 Å². The van der Waals surface area contributed by atoms with Gasteiger partial charge in [-0.1, -0.05) is 39.8 Å². The van der Waals surface area contributed by atoms with Gasteiger partial charge in [0.05, 0.1) is 0 Å². The molecule has 0 amide bonds. The highest BCUT2D eigenvalue weighted by Gasteiger charge is 2.39. The molecule has 0 heteroatoms. The summed E-state index contributed by atoms with van der Waals surface area (Å²) in [5.74, 6) is 1.58. The van der Waals surface area contributed by atoms with Crippen molar-refractivity contribution >= 4 is 0 Å². The van der Waals surface area contributed by atoms with Crippen molar-refractivity contribution in [3.8, 4) is 0 Å². The molecule has 12 heavy (non-hydrogen) atoms. The van der Waals surface area contributed by atoms with Gasteiger partial charge in [0, 0.05) is 0 Å². The molecule has 70 valence electrons. The molecule has 1 aliphatic rings. The fraction of sp³-hybridized carbons (Fsp3) is 0.833. The van der Waals surface area contributed by atoms with E-state index in [-0.39, 0.29) is 0 Å². The zero-order valence-corrected chi connectivity index (χ0v) is 8.98. The minimum atomic E-state index is 0.509. The summed E-state index contributed by atoms with van der Waals surface area (Å²) in [6, 6.07) is 0. The lowest BCUT2D eigenvalue weighted by molar-refractivity contribution is 0.0953. The van der Waals surface area contributed by atoms with Crippen LogP contribution in [0.25, 0.3) is 0 Å². The molecule has 0 nitrogen and oxygen atoms in total. The van der Waals surface area contributed by atoms with Gasteiger partial charge in [0.2, 0.25) is 0 Å². The van der Waals surface area contributed by atoms with Crippen molar-refractivity contribution < 1.29 is 0 Å². The molecular formula is C12H22. The van der Waals surface area contributed by atoms with Gasteiger partial charge >= 0.3 is 0 Å². The normalized spacial score (nSPS) is 43.2. The van der Waals surface area contributed by atoms with E-state index in [0.29, 0.717) is 11.3 Å². The maximum atomic E-state index is 4.17. The van der Waals surface area contributed by atoms with E-state index in [1.165, 1.54) is 24.8 Å². The van der Waals surface area contributed by atoms with E-state index in [1.807, 2.05) is 0 Å². The second-order valence-electron chi connectivity index (χ2n) is 4.68. The Hall–Kier alpha value is -0.260. The minimum Gasteiger partial charge on any atom is -0.0996 e. The Balaban J connectivity index is 2.85. The largest absolute Gasteiger partial charge is 0.0996 e. The average Bonchev–Trinajstić information content (AvgIpc) is 2.08. The first-order valence-electron chi connectivity index (χ1n) is 5.20. The Morgan fingerprint density at radius 1 is 1.50 bits per heavy atom. The molecule has 3 unspecified atom stereocenters. The molecule has 0 aromatic rings. The van der Waals surface area contributed by atoms with Gasteiger partial charge in [0.15, 0.2) is 0 Å². The number of hydrogen-bond donors (Lipinski definition) is 0. The lowest BCUT2D eigenvalue weighted by atomic mass is 9.59. The highest BCUT2D eigenvalue weighted by atomic mass is 14.4. The van der Waals surface area contributed by atoms with E-state index in [1.54, 1.807) is 0 Å². The van der Waals surface area contributed by atoms with E-state index < -0.39 is 0 Å². The summed E-state index contributed by atoms with van der Waals surface area (Å²) >= 11 is 0. The highest BCUT2D eigenvalue weighted by Crippen LogP contribution is 2.48. The number of allylic oxidation sites excluding steroid dienone is 1. The van der Waals surface area contributed by atoms with Gasteiger partial charge in [-0.25, -0.2) is 0 Å². The van der Waals surface area contributed by atoms with E-state index >= 15 is 0 Å². The molecule has 0 aromatic heterocycles. The van der Waals surface area contributed by atoms with Gasteiger partial charge < -0.3 is 0 Å². The van der Waals surface area contributed by atoms with Gasteiger partial charge in [-0.3, -0.25) is 0 Å². The highest BCUT2D eigenvalue weighted by molar-refractivity contribution is 5.10. The molecule has 1 fully saturated rings. The van der Waals surface area contributed by atoms with E-state index in [9.17, 15) is 0 Å². The van der Waals surface area contributed by atoms with Crippen LogP contribution >= 0.6 is 0 Å². The summed E-state index contributed by atoms with van der Waals surface area (Å²) < 4.78 is 0. The standard InChI is InChI=1S/C12H22/c1-6-12(5)10(3)8-7-9(2)11(12)4/h10-11H,2,6-8H2,1,3-5H3. The lowest BCUT2D eigenvalue weighted by Gasteiger charge is -2.45. The third-order valence-corrected chi connectivity index (χ3v) is 4.39. The third-order valence-electron chi connectivity index (χ3n) is 4.39. The summed E-state index contributed by atoms with van der Waals surface area (Å²) in [6.45, 7) is 13.7. The molecule has 0 N–H and O–H groups in total. The molecule has 0 spiro atoms. The summed E-state index contributed by atoms with van der Waals surface area (Å²) in [6.07, 6.45) is 3.87. The van der Waals surface area contributed by atoms with Crippen LogP contribution in [-0.4, -0.2) is 0 Å². The summed E-state index contributed by atoms with van der Waals surface area (Å²) in [4.78, 5) is 0. The van der Waals surface area contributed by atoms with Crippen LogP contribution in [0.5, 0.6) is 0 Å². The van der Waals surface area contributed by atoms with Crippen molar-refractivity contribution in [3.63, 3.8) is 0 Å². The zero-order valence-electron chi connectivity index (χ0n) is 8.98. The Bertz CT molecular complexity index is 180. The SMILES string of the molecule is C=C1CCC(C)C(C)(CC)C1C. The van der Waals surface area contributed by atoms with Crippen LogP contribution in [0, 0.1) is 17.3 Å². The maximum absolute atomic E-state index is 4.17. The van der Waals surface area contributed by atoms with E-state index in [4.69, 9.17) is 0 Å². The van der Waals surface area contributed by atoms with Gasteiger partial charge in [0.1, 0.15) is 0 Å². The fourth-order valence-corrected chi connectivity index (χ4v) is 2.50. The molecule has 1 aliphatic carbocycles. The molecule has 0 aliphatic heterocycles. The Labute approximate surface area is 77.1 Å². The average molecular weight is 166 g/mol. The molecule has 0 heterocycles. The van der Waals surface area contributed by atoms with Gasteiger partial charge in [0.25, 0.3) is 0 Å². The Kier molecular flexibility index (Phi) is 2.65. The summed E-state index contributed by atoms with van der Waals surface area (Å²) in [7, 11) is 0. The summed E-state index contributed by atoms with van der Waals surface area (Å²) in [5.41, 5.74) is 1.98. The second-order valence-corrected chi connectivity index (χ2v) is 4.68. The second kappa shape index (κ2) is 3.24. The zero-order chi connectivity index (χ0) is 9.35. The smallest absolute Gasteiger partial charge is 0.0178 e. The Morgan fingerprint density at radius 2 is 2.08 bits per heavy atom. The first kappa shape index (κ1) is 9.83. The van der Waals surface area contributed by atoms with Crippen LogP contribution in [-0.2, 0) is 0 Å². The Morgan fingerprint density at radius 3 is 2.50 bits per heavy atom. The maximum Gasteiger partial charge on any atom is -0.0178 e. The topological polar surface area (TPSA) is 0 Å². The van der Waals surface area contributed by atoms with Crippen molar-refractivity contribution in [1.82, 2.24) is 0 Å². The molecule has 0 bridgehead atoms. The van der Waals surface area contributed by atoms with Crippen LogP contribution in [0.15, 0.2) is 12.2 Å². The van der Waals surface area contributed by atoms with Crippen molar-refractivity contribution in [2.75, 3.05) is 0 Å². The predicted octanol–water partition coefficient (Wildman–Crippen LogP) is 4.02. The van der Waals surface area contributed by atoms with Crippen molar-refractivity contribution in [1.29, 1.82) is 0 Å². The van der Waals surface area contributed by atoms with E-state index in [0.717, 1.165) is 5.92 Å². The molecule has 3 atom stereocenters. The molecular weight excluding hydrogens is 144 g/mol. The van der Waals surface area contributed by atoms with Crippen LogP contribution in [0.4, 0.5) is 0 Å². The van der Waals surface area contributed by atoms with Crippen molar-refractivity contribution in [3.05, 3.63) is 12.2 Å².